The molecule has 2 nitrogen and oxygen atoms in total. The summed E-state index contributed by atoms with van der Waals surface area (Å²) in [6.07, 6.45) is 16.9. The first-order valence-electron chi connectivity index (χ1n) is 10.4. The summed E-state index contributed by atoms with van der Waals surface area (Å²) in [6, 6.07) is 7.88. The molecule has 0 saturated heterocycles. The Hall–Kier alpha value is -1.18. The van der Waals surface area contributed by atoms with Crippen LogP contribution in [-0.2, 0) is 0 Å². The van der Waals surface area contributed by atoms with Crippen molar-refractivity contribution < 1.29 is 5.11 Å². The van der Waals surface area contributed by atoms with E-state index in [-0.39, 0.29) is 0 Å². The van der Waals surface area contributed by atoms with Crippen molar-refractivity contribution in [2.75, 3.05) is 18.0 Å². The first-order chi connectivity index (χ1) is 11.8. The Morgan fingerprint density at radius 1 is 0.792 bits per heavy atom. The van der Waals surface area contributed by atoms with Crippen molar-refractivity contribution in [2.45, 2.75) is 77.0 Å². The lowest BCUT2D eigenvalue weighted by atomic mass is 9.86. The summed E-state index contributed by atoms with van der Waals surface area (Å²) in [5, 5.41) is 9.87. The number of hydrogen-bond donors (Lipinski definition) is 1. The fourth-order valence-corrected chi connectivity index (χ4v) is 4.69. The lowest BCUT2D eigenvalue weighted by molar-refractivity contribution is 0.327. The molecule has 1 aromatic rings. The van der Waals surface area contributed by atoms with Gasteiger partial charge in [-0.15, -0.1) is 0 Å². The van der Waals surface area contributed by atoms with Gasteiger partial charge in [-0.05, 0) is 36.8 Å². The molecule has 2 heteroatoms. The molecule has 0 heterocycles. The minimum Gasteiger partial charge on any atom is -0.508 e. The van der Waals surface area contributed by atoms with Crippen LogP contribution in [0, 0.1) is 11.8 Å². The van der Waals surface area contributed by atoms with Gasteiger partial charge in [0.25, 0.3) is 0 Å². The molecule has 24 heavy (non-hydrogen) atoms. The van der Waals surface area contributed by atoms with Gasteiger partial charge < -0.3 is 10.0 Å². The van der Waals surface area contributed by atoms with E-state index in [1.54, 1.807) is 6.07 Å². The highest BCUT2D eigenvalue weighted by Gasteiger charge is 2.18. The van der Waals surface area contributed by atoms with Crippen molar-refractivity contribution in [3.8, 4) is 5.75 Å². The molecule has 2 aliphatic rings. The highest BCUT2D eigenvalue weighted by molar-refractivity contribution is 5.50. The van der Waals surface area contributed by atoms with Gasteiger partial charge >= 0.3 is 0 Å². The summed E-state index contributed by atoms with van der Waals surface area (Å²) < 4.78 is 0. The van der Waals surface area contributed by atoms with Gasteiger partial charge in [0.1, 0.15) is 5.75 Å². The number of rotatable bonds is 7. The molecule has 2 aliphatic carbocycles. The van der Waals surface area contributed by atoms with Crippen molar-refractivity contribution >= 4 is 5.69 Å². The summed E-state index contributed by atoms with van der Waals surface area (Å²) in [6.45, 7) is 2.31. The molecule has 0 aliphatic heterocycles. The third-order valence-corrected chi connectivity index (χ3v) is 6.26. The van der Waals surface area contributed by atoms with E-state index in [1.165, 1.54) is 82.7 Å². The Labute approximate surface area is 148 Å². The van der Waals surface area contributed by atoms with Gasteiger partial charge in [0.05, 0.1) is 0 Å². The number of benzene rings is 1. The predicted octanol–water partition coefficient (Wildman–Crippen LogP) is 6.14. The van der Waals surface area contributed by atoms with Crippen LogP contribution in [0.15, 0.2) is 24.3 Å². The van der Waals surface area contributed by atoms with Crippen LogP contribution >= 0.6 is 0 Å². The van der Waals surface area contributed by atoms with Crippen LogP contribution in [0.5, 0.6) is 5.75 Å². The normalized spacial score (nSPS) is 20.2. The standard InChI is InChI=1S/C22H35NO/c24-22-13-7-12-21(18-22)23(16-14-19-8-3-1-4-9-19)17-15-20-10-5-2-6-11-20/h7,12-13,18-20,24H,1-6,8-11,14-17H2. The average molecular weight is 330 g/mol. The predicted molar refractivity (Wildman–Crippen MR) is 103 cm³/mol. The monoisotopic (exact) mass is 329 g/mol. The Balaban J connectivity index is 1.56. The maximum absolute atomic E-state index is 9.87. The van der Waals surface area contributed by atoms with Crippen molar-refractivity contribution in [3.05, 3.63) is 24.3 Å². The molecule has 1 N–H and O–H groups in total. The summed E-state index contributed by atoms with van der Waals surface area (Å²) in [5.41, 5.74) is 1.21. The van der Waals surface area contributed by atoms with E-state index in [0.717, 1.165) is 24.9 Å². The van der Waals surface area contributed by atoms with Crippen molar-refractivity contribution in [1.82, 2.24) is 0 Å². The van der Waals surface area contributed by atoms with Gasteiger partial charge in [-0.1, -0.05) is 70.3 Å². The number of hydrogen-bond acceptors (Lipinski definition) is 2. The zero-order valence-electron chi connectivity index (χ0n) is 15.3. The first-order valence-corrected chi connectivity index (χ1v) is 10.4. The van der Waals surface area contributed by atoms with Gasteiger partial charge in [-0.3, -0.25) is 0 Å². The van der Waals surface area contributed by atoms with Crippen LogP contribution in [-0.4, -0.2) is 18.2 Å². The second kappa shape index (κ2) is 9.34. The van der Waals surface area contributed by atoms with Crippen molar-refractivity contribution in [2.24, 2.45) is 11.8 Å². The Morgan fingerprint density at radius 3 is 1.83 bits per heavy atom. The highest BCUT2D eigenvalue weighted by atomic mass is 16.3. The van der Waals surface area contributed by atoms with Crippen LogP contribution in [0.4, 0.5) is 5.69 Å². The van der Waals surface area contributed by atoms with Gasteiger partial charge in [0.2, 0.25) is 0 Å². The fraction of sp³-hybridized carbons (Fsp3) is 0.727. The Bertz CT molecular complexity index is 453. The van der Waals surface area contributed by atoms with Gasteiger partial charge in [-0.25, -0.2) is 0 Å². The zero-order valence-corrected chi connectivity index (χ0v) is 15.3. The van der Waals surface area contributed by atoms with E-state index in [1.807, 2.05) is 12.1 Å². The number of anilines is 1. The molecule has 2 fully saturated rings. The summed E-state index contributed by atoms with van der Waals surface area (Å²) in [4.78, 5) is 2.54. The Kier molecular flexibility index (Phi) is 6.86. The smallest absolute Gasteiger partial charge is 0.117 e. The molecule has 0 radical (unpaired) electrons. The highest BCUT2D eigenvalue weighted by Crippen LogP contribution is 2.30. The maximum Gasteiger partial charge on any atom is 0.117 e. The second-order valence-corrected chi connectivity index (χ2v) is 8.09. The number of aromatic hydroxyl groups is 1. The quantitative estimate of drug-likeness (QED) is 0.649. The number of phenols is 1. The molecule has 0 atom stereocenters. The lowest BCUT2D eigenvalue weighted by Gasteiger charge is -2.31. The summed E-state index contributed by atoms with van der Waals surface area (Å²) in [5.74, 6) is 2.24. The van der Waals surface area contributed by atoms with Gasteiger partial charge in [0.15, 0.2) is 0 Å². The minimum absolute atomic E-state index is 0.396. The molecule has 1 aromatic carbocycles. The minimum atomic E-state index is 0.396. The topological polar surface area (TPSA) is 23.5 Å². The van der Waals surface area contributed by atoms with Crippen LogP contribution < -0.4 is 4.90 Å². The molecule has 0 unspecified atom stereocenters. The molecule has 0 spiro atoms. The van der Waals surface area contributed by atoms with Crippen molar-refractivity contribution in [3.63, 3.8) is 0 Å². The summed E-state index contributed by atoms with van der Waals surface area (Å²) >= 11 is 0. The van der Waals surface area contributed by atoms with Crippen molar-refractivity contribution in [1.29, 1.82) is 0 Å². The summed E-state index contributed by atoms with van der Waals surface area (Å²) in [7, 11) is 0. The van der Waals surface area contributed by atoms with E-state index in [9.17, 15) is 5.11 Å². The van der Waals surface area contributed by atoms with Crippen LogP contribution in [0.2, 0.25) is 0 Å². The third-order valence-electron chi connectivity index (χ3n) is 6.26. The molecule has 2 saturated carbocycles. The van der Waals surface area contributed by atoms with Gasteiger partial charge in [0, 0.05) is 24.8 Å². The number of phenolic OH excluding ortho intramolecular Hbond substituents is 1. The molecule has 0 bridgehead atoms. The molecule has 134 valence electrons. The average Bonchev–Trinajstić information content (AvgIpc) is 2.63. The number of nitrogens with zero attached hydrogens (tertiary/aromatic N) is 1. The van der Waals surface area contributed by atoms with Crippen LogP contribution in [0.3, 0.4) is 0 Å². The van der Waals surface area contributed by atoms with Gasteiger partial charge in [-0.2, -0.15) is 0 Å². The SMILES string of the molecule is Oc1cccc(N(CCC2CCCCC2)CCC2CCCCC2)c1. The van der Waals surface area contributed by atoms with E-state index in [2.05, 4.69) is 11.0 Å². The van der Waals surface area contributed by atoms with Crippen LogP contribution in [0.25, 0.3) is 0 Å². The van der Waals surface area contributed by atoms with E-state index < -0.39 is 0 Å². The molecule has 0 aromatic heterocycles. The molecular formula is C22H35NO. The molecular weight excluding hydrogens is 294 g/mol. The van der Waals surface area contributed by atoms with E-state index >= 15 is 0 Å². The third kappa shape index (κ3) is 5.43. The second-order valence-electron chi connectivity index (χ2n) is 8.09. The molecule has 3 rings (SSSR count). The largest absolute Gasteiger partial charge is 0.508 e. The molecule has 0 amide bonds. The Morgan fingerprint density at radius 2 is 1.33 bits per heavy atom. The fourth-order valence-electron chi connectivity index (χ4n) is 4.69. The van der Waals surface area contributed by atoms with E-state index in [0.29, 0.717) is 5.75 Å². The maximum atomic E-state index is 9.87. The lowest BCUT2D eigenvalue weighted by Crippen LogP contribution is -2.29. The van der Waals surface area contributed by atoms with Crippen LogP contribution in [0.1, 0.15) is 77.0 Å². The zero-order chi connectivity index (χ0) is 16.6. The first kappa shape index (κ1) is 17.6. The van der Waals surface area contributed by atoms with E-state index in [4.69, 9.17) is 0 Å².